The topological polar surface area (TPSA) is 87.0 Å². The zero-order valence-electron chi connectivity index (χ0n) is 16.3. The van der Waals surface area contributed by atoms with Crippen molar-refractivity contribution in [2.45, 2.75) is 18.7 Å². The number of carbonyl (C=O) groups is 1. The third-order valence-electron chi connectivity index (χ3n) is 4.77. The maximum absolute atomic E-state index is 14.2. The first-order valence-electron chi connectivity index (χ1n) is 8.82. The summed E-state index contributed by atoms with van der Waals surface area (Å²) < 4.78 is 46.2. The van der Waals surface area contributed by atoms with Gasteiger partial charge in [-0.3, -0.25) is 4.79 Å². The number of halogens is 1. The molecule has 0 N–H and O–H groups in total. The van der Waals surface area contributed by atoms with Crippen molar-refractivity contribution in [3.63, 3.8) is 0 Å². The Labute approximate surface area is 163 Å². The SMILES string of the molecule is Cc1noc(C)c1S(=O)(=O)N1CCN(C(=O)c2ccc(N(C)C)c(F)c2)CC1. The molecule has 1 saturated heterocycles. The molecular formula is C18H23FN4O4S. The minimum atomic E-state index is -3.74. The molecule has 0 spiro atoms. The van der Waals surface area contributed by atoms with Crippen LogP contribution < -0.4 is 4.90 Å². The van der Waals surface area contributed by atoms with Crippen LogP contribution in [-0.2, 0) is 10.0 Å². The molecule has 1 aliphatic heterocycles. The van der Waals surface area contributed by atoms with E-state index in [0.717, 1.165) is 0 Å². The molecular weight excluding hydrogens is 387 g/mol. The van der Waals surface area contributed by atoms with Gasteiger partial charge >= 0.3 is 0 Å². The summed E-state index contributed by atoms with van der Waals surface area (Å²) in [5.41, 5.74) is 0.949. The van der Waals surface area contributed by atoms with Gasteiger partial charge in [0, 0.05) is 45.8 Å². The fraction of sp³-hybridized carbons (Fsp3) is 0.444. The fourth-order valence-corrected chi connectivity index (χ4v) is 5.00. The number of aryl methyl sites for hydroxylation is 2. The Balaban J connectivity index is 1.72. The number of anilines is 1. The fourth-order valence-electron chi connectivity index (χ4n) is 3.29. The lowest BCUT2D eigenvalue weighted by atomic mass is 10.1. The first-order chi connectivity index (χ1) is 13.1. The monoisotopic (exact) mass is 410 g/mol. The molecule has 0 saturated carbocycles. The Morgan fingerprint density at radius 2 is 1.82 bits per heavy atom. The van der Waals surface area contributed by atoms with Crippen LogP contribution >= 0.6 is 0 Å². The van der Waals surface area contributed by atoms with Gasteiger partial charge in [-0.25, -0.2) is 12.8 Å². The molecule has 0 atom stereocenters. The second-order valence-electron chi connectivity index (χ2n) is 6.91. The Hall–Kier alpha value is -2.46. The second-order valence-corrected chi connectivity index (χ2v) is 8.78. The van der Waals surface area contributed by atoms with Gasteiger partial charge in [-0.15, -0.1) is 0 Å². The molecule has 28 heavy (non-hydrogen) atoms. The van der Waals surface area contributed by atoms with E-state index >= 15 is 0 Å². The molecule has 1 fully saturated rings. The zero-order valence-corrected chi connectivity index (χ0v) is 17.1. The number of nitrogens with zero attached hydrogens (tertiary/aromatic N) is 4. The van der Waals surface area contributed by atoms with E-state index in [1.165, 1.54) is 15.3 Å². The maximum atomic E-state index is 14.2. The van der Waals surface area contributed by atoms with E-state index < -0.39 is 15.8 Å². The molecule has 8 nitrogen and oxygen atoms in total. The molecule has 0 aliphatic carbocycles. The van der Waals surface area contributed by atoms with Crippen molar-refractivity contribution in [3.8, 4) is 0 Å². The van der Waals surface area contributed by atoms with Crippen LogP contribution in [0.5, 0.6) is 0 Å². The number of amides is 1. The minimum Gasteiger partial charge on any atom is -0.375 e. The zero-order chi connectivity index (χ0) is 20.6. The van der Waals surface area contributed by atoms with Gasteiger partial charge in [0.1, 0.15) is 16.4 Å². The lowest BCUT2D eigenvalue weighted by Gasteiger charge is -2.34. The first kappa shape index (κ1) is 20.3. The predicted molar refractivity (Wildman–Crippen MR) is 101 cm³/mol. The summed E-state index contributed by atoms with van der Waals surface area (Å²) in [6.07, 6.45) is 0. The van der Waals surface area contributed by atoms with Crippen molar-refractivity contribution in [1.29, 1.82) is 0 Å². The normalized spacial score (nSPS) is 15.7. The summed E-state index contributed by atoms with van der Waals surface area (Å²) in [4.78, 5) is 15.9. The summed E-state index contributed by atoms with van der Waals surface area (Å²) in [5, 5.41) is 3.70. The summed E-state index contributed by atoms with van der Waals surface area (Å²) in [6, 6.07) is 4.35. The third kappa shape index (κ3) is 3.61. The minimum absolute atomic E-state index is 0.0774. The van der Waals surface area contributed by atoms with Gasteiger partial charge in [0.25, 0.3) is 5.91 Å². The van der Waals surface area contributed by atoms with Crippen LogP contribution in [0.3, 0.4) is 0 Å². The van der Waals surface area contributed by atoms with Crippen LogP contribution in [0.2, 0.25) is 0 Å². The number of aromatic nitrogens is 1. The van der Waals surface area contributed by atoms with Crippen LogP contribution in [0, 0.1) is 19.7 Å². The standard InChI is InChI=1S/C18H23FN4O4S/c1-12-17(13(2)27-20-12)28(25,26)23-9-7-22(8-10-23)18(24)14-5-6-16(21(3)4)15(19)11-14/h5-6,11H,7-10H2,1-4H3. The number of hydrogen-bond acceptors (Lipinski definition) is 6. The molecule has 0 bridgehead atoms. The van der Waals surface area contributed by atoms with Crippen molar-refractivity contribution < 1.29 is 22.1 Å². The van der Waals surface area contributed by atoms with E-state index in [4.69, 9.17) is 4.52 Å². The summed E-state index contributed by atoms with van der Waals surface area (Å²) in [6.45, 7) is 3.87. The summed E-state index contributed by atoms with van der Waals surface area (Å²) >= 11 is 0. The number of piperazine rings is 1. The van der Waals surface area contributed by atoms with Gasteiger partial charge in [0.2, 0.25) is 10.0 Å². The van der Waals surface area contributed by atoms with Crippen LogP contribution in [0.4, 0.5) is 10.1 Å². The maximum Gasteiger partial charge on any atom is 0.254 e. The Morgan fingerprint density at radius 3 is 2.32 bits per heavy atom. The van der Waals surface area contributed by atoms with E-state index in [2.05, 4.69) is 5.16 Å². The smallest absolute Gasteiger partial charge is 0.254 e. The van der Waals surface area contributed by atoms with E-state index in [1.54, 1.807) is 45.0 Å². The van der Waals surface area contributed by atoms with E-state index in [9.17, 15) is 17.6 Å². The molecule has 1 aromatic carbocycles. The third-order valence-corrected chi connectivity index (χ3v) is 6.91. The molecule has 2 heterocycles. The van der Waals surface area contributed by atoms with Gasteiger partial charge in [-0.2, -0.15) is 4.31 Å². The Bertz CT molecular complexity index is 976. The first-order valence-corrected chi connectivity index (χ1v) is 10.3. The molecule has 1 amide bonds. The number of rotatable bonds is 4. The molecule has 1 aromatic heterocycles. The largest absolute Gasteiger partial charge is 0.375 e. The van der Waals surface area contributed by atoms with Crippen LogP contribution in [0.15, 0.2) is 27.6 Å². The van der Waals surface area contributed by atoms with Crippen LogP contribution in [0.1, 0.15) is 21.8 Å². The molecule has 1 aliphatic rings. The van der Waals surface area contributed by atoms with E-state index in [1.807, 2.05) is 0 Å². The molecule has 3 rings (SSSR count). The molecule has 0 radical (unpaired) electrons. The van der Waals surface area contributed by atoms with Crippen molar-refractivity contribution in [2.75, 3.05) is 45.2 Å². The molecule has 152 valence electrons. The Kier molecular flexibility index (Phi) is 5.44. The van der Waals surface area contributed by atoms with Gasteiger partial charge in [0.05, 0.1) is 5.69 Å². The van der Waals surface area contributed by atoms with Crippen molar-refractivity contribution >= 4 is 21.6 Å². The van der Waals surface area contributed by atoms with Gasteiger partial charge < -0.3 is 14.3 Å². The highest BCUT2D eigenvalue weighted by atomic mass is 32.2. The van der Waals surface area contributed by atoms with Crippen LogP contribution in [-0.4, -0.2) is 69.0 Å². The van der Waals surface area contributed by atoms with Crippen molar-refractivity contribution in [2.24, 2.45) is 0 Å². The van der Waals surface area contributed by atoms with Crippen LogP contribution in [0.25, 0.3) is 0 Å². The van der Waals surface area contributed by atoms with Crippen molar-refractivity contribution in [1.82, 2.24) is 14.4 Å². The van der Waals surface area contributed by atoms with E-state index in [-0.39, 0.29) is 48.3 Å². The lowest BCUT2D eigenvalue weighted by molar-refractivity contribution is 0.0697. The quantitative estimate of drug-likeness (QED) is 0.762. The molecule has 0 unspecified atom stereocenters. The van der Waals surface area contributed by atoms with Gasteiger partial charge in [-0.1, -0.05) is 5.16 Å². The Morgan fingerprint density at radius 1 is 1.18 bits per heavy atom. The highest BCUT2D eigenvalue weighted by Crippen LogP contribution is 2.25. The van der Waals surface area contributed by atoms with Crippen molar-refractivity contribution in [3.05, 3.63) is 41.0 Å². The molecule has 2 aromatic rings. The summed E-state index contributed by atoms with van der Waals surface area (Å²) in [5.74, 6) is -0.554. The average Bonchev–Trinajstić information content (AvgIpc) is 2.99. The second kappa shape index (κ2) is 7.51. The highest BCUT2D eigenvalue weighted by molar-refractivity contribution is 7.89. The average molecular weight is 410 g/mol. The van der Waals surface area contributed by atoms with Gasteiger partial charge in [0.15, 0.2) is 5.76 Å². The molecule has 10 heteroatoms. The lowest BCUT2D eigenvalue weighted by Crippen LogP contribution is -2.50. The number of benzene rings is 1. The number of carbonyl (C=O) groups excluding carboxylic acids is 1. The van der Waals surface area contributed by atoms with E-state index in [0.29, 0.717) is 11.4 Å². The predicted octanol–water partition coefficient (Wildman–Crippen LogP) is 1.64. The highest BCUT2D eigenvalue weighted by Gasteiger charge is 2.34. The van der Waals surface area contributed by atoms with Gasteiger partial charge in [-0.05, 0) is 32.0 Å². The number of sulfonamides is 1. The number of hydrogen-bond donors (Lipinski definition) is 0. The summed E-state index contributed by atoms with van der Waals surface area (Å²) in [7, 11) is -0.301.